The molecule has 3 unspecified atom stereocenters. The lowest BCUT2D eigenvalue weighted by molar-refractivity contribution is -0.146. The first-order valence-corrected chi connectivity index (χ1v) is 7.56. The van der Waals surface area contributed by atoms with Gasteiger partial charge < -0.3 is 15.4 Å². The molecule has 3 atom stereocenters. The molecule has 0 aromatic carbocycles. The summed E-state index contributed by atoms with van der Waals surface area (Å²) in [5.41, 5.74) is 0.644. The maximum Gasteiger partial charge on any atom is 0.307 e. The van der Waals surface area contributed by atoms with Crippen molar-refractivity contribution >= 4 is 23.2 Å². The molecule has 6 nitrogen and oxygen atoms in total. The topological polar surface area (TPSA) is 99.3 Å². The molecule has 1 aliphatic carbocycles. The summed E-state index contributed by atoms with van der Waals surface area (Å²) in [5.74, 6) is -1.90. The van der Waals surface area contributed by atoms with Crippen molar-refractivity contribution < 1.29 is 14.7 Å². The van der Waals surface area contributed by atoms with E-state index in [1.54, 1.807) is 5.38 Å². The predicted molar refractivity (Wildman–Crippen MR) is 74.4 cm³/mol. The number of hydrogen-bond acceptors (Lipinski definition) is 4. The van der Waals surface area contributed by atoms with Crippen LogP contribution >= 0.6 is 11.3 Å². The Morgan fingerprint density at radius 2 is 2.15 bits per heavy atom. The Balaban J connectivity index is 1.96. The lowest BCUT2D eigenvalue weighted by Gasteiger charge is -2.15. The van der Waals surface area contributed by atoms with E-state index in [-0.39, 0.29) is 17.3 Å². The standard InChI is InChI=1S/C13H18N2O4S/c1-2-7-3-9(10(4-7)12(17)18)11(16)14-5-8-6-20-13(19)15-8/h6-7,9-10H,2-5H2,1H3,(H,14,16)(H,15,19)(H,17,18). The second-order valence-corrected chi connectivity index (χ2v) is 6.03. The third-order valence-corrected chi connectivity index (χ3v) is 4.63. The Labute approximate surface area is 120 Å². The Bertz CT molecular complexity index is 551. The van der Waals surface area contributed by atoms with Crippen molar-refractivity contribution in [2.24, 2.45) is 17.8 Å². The second-order valence-electron chi connectivity index (χ2n) is 5.19. The lowest BCUT2D eigenvalue weighted by atomic mass is 9.95. The van der Waals surface area contributed by atoms with E-state index in [0.29, 0.717) is 24.5 Å². The van der Waals surface area contributed by atoms with Gasteiger partial charge >= 0.3 is 10.8 Å². The van der Waals surface area contributed by atoms with Gasteiger partial charge in [-0.3, -0.25) is 14.4 Å². The van der Waals surface area contributed by atoms with E-state index in [0.717, 1.165) is 17.8 Å². The van der Waals surface area contributed by atoms with Crippen LogP contribution in [0.3, 0.4) is 0 Å². The molecular weight excluding hydrogens is 280 g/mol. The zero-order chi connectivity index (χ0) is 14.7. The van der Waals surface area contributed by atoms with Crippen LogP contribution < -0.4 is 10.2 Å². The molecule has 0 radical (unpaired) electrons. The van der Waals surface area contributed by atoms with Gasteiger partial charge in [-0.05, 0) is 18.8 Å². The predicted octanol–water partition coefficient (Wildman–Crippen LogP) is 1.19. The van der Waals surface area contributed by atoms with Gasteiger partial charge in [0.1, 0.15) is 0 Å². The number of thiazole rings is 1. The summed E-state index contributed by atoms with van der Waals surface area (Å²) in [5, 5.41) is 13.6. The molecule has 1 amide bonds. The minimum Gasteiger partial charge on any atom is -0.481 e. The van der Waals surface area contributed by atoms with E-state index in [1.807, 2.05) is 6.92 Å². The smallest absolute Gasteiger partial charge is 0.307 e. The summed E-state index contributed by atoms with van der Waals surface area (Å²) in [4.78, 5) is 36.8. The Morgan fingerprint density at radius 3 is 2.70 bits per heavy atom. The molecule has 0 saturated heterocycles. The molecule has 20 heavy (non-hydrogen) atoms. The van der Waals surface area contributed by atoms with Crippen LogP contribution in [-0.4, -0.2) is 22.0 Å². The zero-order valence-electron chi connectivity index (χ0n) is 11.2. The summed E-state index contributed by atoms with van der Waals surface area (Å²) >= 11 is 1.04. The minimum atomic E-state index is -0.898. The number of carbonyl (C=O) groups excluding carboxylic acids is 1. The molecule has 7 heteroatoms. The summed E-state index contributed by atoms with van der Waals surface area (Å²) < 4.78 is 0. The van der Waals surface area contributed by atoms with Gasteiger partial charge in [-0.25, -0.2) is 0 Å². The SMILES string of the molecule is CCC1CC(C(=O)O)C(C(=O)NCc2csc(=O)[nH]2)C1. The fraction of sp³-hybridized carbons (Fsp3) is 0.615. The van der Waals surface area contributed by atoms with E-state index in [1.165, 1.54) is 0 Å². The van der Waals surface area contributed by atoms with Crippen LogP contribution in [0.15, 0.2) is 10.2 Å². The number of carboxylic acids is 1. The third-order valence-electron chi connectivity index (χ3n) is 3.92. The average Bonchev–Trinajstić information content (AvgIpc) is 3.02. The van der Waals surface area contributed by atoms with Crippen LogP contribution in [0, 0.1) is 17.8 Å². The first kappa shape index (κ1) is 14.8. The number of rotatable bonds is 5. The quantitative estimate of drug-likeness (QED) is 0.760. The highest BCUT2D eigenvalue weighted by Crippen LogP contribution is 2.38. The van der Waals surface area contributed by atoms with Gasteiger partial charge in [-0.15, -0.1) is 0 Å². The molecule has 1 aromatic heterocycles. The molecule has 1 aliphatic rings. The molecule has 3 N–H and O–H groups in total. The van der Waals surface area contributed by atoms with Crippen LogP contribution in [-0.2, 0) is 16.1 Å². The number of hydrogen-bond donors (Lipinski definition) is 3. The monoisotopic (exact) mass is 298 g/mol. The highest BCUT2D eigenvalue weighted by Gasteiger charge is 2.41. The van der Waals surface area contributed by atoms with Crippen molar-refractivity contribution in [1.29, 1.82) is 0 Å². The first-order valence-electron chi connectivity index (χ1n) is 6.68. The Kier molecular flexibility index (Phi) is 4.59. The highest BCUT2D eigenvalue weighted by atomic mass is 32.1. The number of aromatic nitrogens is 1. The van der Waals surface area contributed by atoms with Gasteiger partial charge in [-0.1, -0.05) is 24.7 Å². The fourth-order valence-electron chi connectivity index (χ4n) is 2.75. The molecule has 1 saturated carbocycles. The molecular formula is C13H18N2O4S. The van der Waals surface area contributed by atoms with E-state index >= 15 is 0 Å². The molecule has 110 valence electrons. The van der Waals surface area contributed by atoms with Crippen LogP contribution in [0.2, 0.25) is 0 Å². The van der Waals surface area contributed by atoms with Crippen molar-refractivity contribution in [1.82, 2.24) is 10.3 Å². The van der Waals surface area contributed by atoms with Gasteiger partial charge in [-0.2, -0.15) is 0 Å². The number of H-pyrrole nitrogens is 1. The van der Waals surface area contributed by atoms with Gasteiger partial charge in [0.2, 0.25) is 5.91 Å². The van der Waals surface area contributed by atoms with Gasteiger partial charge in [0, 0.05) is 11.1 Å². The maximum absolute atomic E-state index is 12.1. The number of carbonyl (C=O) groups is 2. The molecule has 2 rings (SSSR count). The highest BCUT2D eigenvalue weighted by molar-refractivity contribution is 7.07. The van der Waals surface area contributed by atoms with Gasteiger partial charge in [0.25, 0.3) is 0 Å². The number of aromatic amines is 1. The van der Waals surface area contributed by atoms with E-state index in [2.05, 4.69) is 10.3 Å². The average molecular weight is 298 g/mol. The molecule has 0 bridgehead atoms. The number of carboxylic acid groups (broad SMARTS) is 1. The lowest BCUT2D eigenvalue weighted by Crippen LogP contribution is -2.35. The van der Waals surface area contributed by atoms with E-state index < -0.39 is 17.8 Å². The molecule has 1 aromatic rings. The number of aliphatic carboxylic acids is 1. The molecule has 0 aliphatic heterocycles. The summed E-state index contributed by atoms with van der Waals surface area (Å²) in [6.45, 7) is 2.25. The van der Waals surface area contributed by atoms with Crippen molar-refractivity contribution in [3.8, 4) is 0 Å². The van der Waals surface area contributed by atoms with E-state index in [9.17, 15) is 19.5 Å². The Morgan fingerprint density at radius 1 is 1.45 bits per heavy atom. The van der Waals surface area contributed by atoms with Gasteiger partial charge in [0.05, 0.1) is 18.4 Å². The minimum absolute atomic E-state index is 0.162. The zero-order valence-corrected chi connectivity index (χ0v) is 12.0. The summed E-state index contributed by atoms with van der Waals surface area (Å²) in [7, 11) is 0. The van der Waals surface area contributed by atoms with Gasteiger partial charge in [0.15, 0.2) is 0 Å². The number of nitrogens with one attached hydrogen (secondary N) is 2. The molecule has 1 heterocycles. The summed E-state index contributed by atoms with van der Waals surface area (Å²) in [6, 6.07) is 0. The third kappa shape index (κ3) is 3.27. The van der Waals surface area contributed by atoms with Crippen LogP contribution in [0.5, 0.6) is 0 Å². The van der Waals surface area contributed by atoms with Crippen LogP contribution in [0.1, 0.15) is 31.9 Å². The van der Waals surface area contributed by atoms with Crippen LogP contribution in [0.25, 0.3) is 0 Å². The fourth-order valence-corrected chi connectivity index (χ4v) is 3.33. The largest absolute Gasteiger partial charge is 0.481 e. The van der Waals surface area contributed by atoms with Crippen LogP contribution in [0.4, 0.5) is 0 Å². The van der Waals surface area contributed by atoms with Crippen molar-refractivity contribution in [2.75, 3.05) is 0 Å². The van der Waals surface area contributed by atoms with Crippen molar-refractivity contribution in [3.63, 3.8) is 0 Å². The van der Waals surface area contributed by atoms with E-state index in [4.69, 9.17) is 0 Å². The normalized spacial score (nSPS) is 25.6. The second kappa shape index (κ2) is 6.21. The first-order chi connectivity index (χ1) is 9.51. The van der Waals surface area contributed by atoms with Crippen molar-refractivity contribution in [3.05, 3.63) is 20.7 Å². The van der Waals surface area contributed by atoms with Crippen molar-refractivity contribution in [2.45, 2.75) is 32.7 Å². The molecule has 1 fully saturated rings. The summed E-state index contributed by atoms with van der Waals surface area (Å²) in [6.07, 6.45) is 2.09. The Hall–Kier alpha value is -1.63. The molecule has 0 spiro atoms. The number of amides is 1. The maximum atomic E-state index is 12.1.